The maximum atomic E-state index is 11.8. The molecule has 17 heavy (non-hydrogen) atoms. The minimum atomic E-state index is -0.749. The number of aliphatic hydroxyl groups is 1. The second-order valence-corrected chi connectivity index (χ2v) is 6.82. The van der Waals surface area contributed by atoms with Gasteiger partial charge in [-0.05, 0) is 6.42 Å². The Morgan fingerprint density at radius 1 is 1.41 bits per heavy atom. The summed E-state index contributed by atoms with van der Waals surface area (Å²) in [4.78, 5) is 11.8. The highest BCUT2D eigenvalue weighted by Crippen LogP contribution is 2.24. The summed E-state index contributed by atoms with van der Waals surface area (Å²) in [5, 5.41) is 13.2. The van der Waals surface area contributed by atoms with Gasteiger partial charge in [0.25, 0.3) is 0 Å². The van der Waals surface area contributed by atoms with Crippen LogP contribution >= 0.6 is 23.5 Å². The molecule has 1 atom stereocenters. The molecule has 2 rings (SSSR count). The van der Waals surface area contributed by atoms with Crippen molar-refractivity contribution in [2.24, 2.45) is 5.92 Å². The Morgan fingerprint density at radius 3 is 2.71 bits per heavy atom. The maximum Gasteiger partial charge on any atom is 0.225 e. The molecule has 2 aliphatic heterocycles. The number of thioether (sulfide) groups is 2. The molecule has 2 heterocycles. The van der Waals surface area contributed by atoms with Crippen molar-refractivity contribution in [1.29, 1.82) is 0 Å². The predicted octanol–water partition coefficient (Wildman–Crippen LogP) is 0.350. The van der Waals surface area contributed by atoms with Gasteiger partial charge in [-0.2, -0.15) is 23.5 Å². The van der Waals surface area contributed by atoms with Crippen LogP contribution in [0.15, 0.2) is 0 Å². The molecule has 0 aromatic rings. The van der Waals surface area contributed by atoms with Crippen molar-refractivity contribution >= 4 is 29.4 Å². The molecule has 0 aromatic heterocycles. The van der Waals surface area contributed by atoms with Gasteiger partial charge < -0.3 is 15.2 Å². The van der Waals surface area contributed by atoms with E-state index in [0.29, 0.717) is 31.3 Å². The van der Waals surface area contributed by atoms with E-state index in [1.807, 2.05) is 0 Å². The molecule has 0 saturated carbocycles. The zero-order valence-corrected chi connectivity index (χ0v) is 11.4. The molecule has 0 aromatic carbocycles. The smallest absolute Gasteiger partial charge is 0.225 e. The van der Waals surface area contributed by atoms with Crippen LogP contribution in [0.1, 0.15) is 6.42 Å². The fourth-order valence-electron chi connectivity index (χ4n) is 1.92. The van der Waals surface area contributed by atoms with Gasteiger partial charge in [0.05, 0.1) is 18.1 Å². The van der Waals surface area contributed by atoms with Gasteiger partial charge in [-0.15, -0.1) is 0 Å². The average Bonchev–Trinajstić information content (AvgIpc) is 2.77. The molecule has 0 bridgehead atoms. The largest absolute Gasteiger partial charge is 0.386 e. The lowest BCUT2D eigenvalue weighted by Gasteiger charge is -2.26. The monoisotopic (exact) mass is 277 g/mol. The van der Waals surface area contributed by atoms with Crippen LogP contribution in [-0.2, 0) is 9.53 Å². The van der Waals surface area contributed by atoms with Gasteiger partial charge in [0.15, 0.2) is 0 Å². The Balaban J connectivity index is 1.77. The van der Waals surface area contributed by atoms with E-state index >= 15 is 0 Å². The molecule has 0 radical (unpaired) electrons. The number of hydrogen-bond donors (Lipinski definition) is 2. The number of carbonyl (C=O) groups is 1. The van der Waals surface area contributed by atoms with Crippen LogP contribution < -0.4 is 5.32 Å². The van der Waals surface area contributed by atoms with Crippen molar-refractivity contribution in [3.8, 4) is 0 Å². The quantitative estimate of drug-likeness (QED) is 0.779. The molecule has 0 spiro atoms. The molecule has 98 valence electrons. The molecule has 2 aliphatic rings. The summed E-state index contributed by atoms with van der Waals surface area (Å²) in [6.45, 7) is 1.56. The van der Waals surface area contributed by atoms with Crippen LogP contribution in [-0.4, -0.2) is 59.4 Å². The van der Waals surface area contributed by atoms with E-state index in [4.69, 9.17) is 4.74 Å². The van der Waals surface area contributed by atoms with Crippen LogP contribution in [0.25, 0.3) is 0 Å². The average molecular weight is 277 g/mol. The highest BCUT2D eigenvalue weighted by atomic mass is 32.2. The summed E-state index contributed by atoms with van der Waals surface area (Å²) >= 11 is 3.52. The van der Waals surface area contributed by atoms with Crippen molar-refractivity contribution in [3.05, 3.63) is 0 Å². The van der Waals surface area contributed by atoms with E-state index in [2.05, 4.69) is 5.32 Å². The molecule has 4 nitrogen and oxygen atoms in total. The minimum Gasteiger partial charge on any atom is -0.386 e. The first-order valence-corrected chi connectivity index (χ1v) is 8.24. The SMILES string of the molecule is O=C(NCC1(O)CSCCSC1)C1CCOC1. The van der Waals surface area contributed by atoms with Gasteiger partial charge in [0.1, 0.15) is 0 Å². The van der Waals surface area contributed by atoms with E-state index in [0.717, 1.165) is 17.9 Å². The van der Waals surface area contributed by atoms with Crippen molar-refractivity contribution in [1.82, 2.24) is 5.32 Å². The second kappa shape index (κ2) is 6.31. The van der Waals surface area contributed by atoms with E-state index in [-0.39, 0.29) is 11.8 Å². The van der Waals surface area contributed by atoms with Crippen LogP contribution in [0.2, 0.25) is 0 Å². The first kappa shape index (κ1) is 13.5. The molecule has 0 aliphatic carbocycles. The lowest BCUT2D eigenvalue weighted by Crippen LogP contribution is -2.48. The third-order valence-electron chi connectivity index (χ3n) is 3.01. The highest BCUT2D eigenvalue weighted by Gasteiger charge is 2.31. The van der Waals surface area contributed by atoms with Crippen molar-refractivity contribution in [3.63, 3.8) is 0 Å². The van der Waals surface area contributed by atoms with Gasteiger partial charge in [-0.25, -0.2) is 0 Å². The summed E-state index contributed by atoms with van der Waals surface area (Å²) in [7, 11) is 0. The lowest BCUT2D eigenvalue weighted by molar-refractivity contribution is -0.125. The maximum absolute atomic E-state index is 11.8. The topological polar surface area (TPSA) is 58.6 Å². The van der Waals surface area contributed by atoms with Crippen LogP contribution in [0, 0.1) is 5.92 Å². The van der Waals surface area contributed by atoms with E-state index in [9.17, 15) is 9.90 Å². The number of amides is 1. The fourth-order valence-corrected chi connectivity index (χ4v) is 4.45. The molecular formula is C11H19NO3S2. The molecule has 1 amide bonds. The van der Waals surface area contributed by atoms with Crippen LogP contribution in [0.3, 0.4) is 0 Å². The van der Waals surface area contributed by atoms with Gasteiger partial charge in [-0.3, -0.25) is 4.79 Å². The van der Waals surface area contributed by atoms with Crippen LogP contribution in [0.5, 0.6) is 0 Å². The Bertz CT molecular complexity index is 261. The first-order valence-electron chi connectivity index (χ1n) is 5.93. The van der Waals surface area contributed by atoms with Crippen LogP contribution in [0.4, 0.5) is 0 Å². The summed E-state index contributed by atoms with van der Waals surface area (Å²) < 4.78 is 5.18. The predicted molar refractivity (Wildman–Crippen MR) is 71.5 cm³/mol. The summed E-state index contributed by atoms with van der Waals surface area (Å²) in [5.41, 5.74) is -0.749. The molecule has 1 unspecified atom stereocenters. The van der Waals surface area contributed by atoms with Crippen molar-refractivity contribution in [2.45, 2.75) is 12.0 Å². The lowest BCUT2D eigenvalue weighted by atomic mass is 10.1. The van der Waals surface area contributed by atoms with Crippen molar-refractivity contribution < 1.29 is 14.6 Å². The fraction of sp³-hybridized carbons (Fsp3) is 0.909. The van der Waals surface area contributed by atoms with Crippen molar-refractivity contribution in [2.75, 3.05) is 42.8 Å². The zero-order valence-electron chi connectivity index (χ0n) is 9.81. The summed E-state index contributed by atoms with van der Waals surface area (Å²) in [6.07, 6.45) is 0.799. The molecule has 6 heteroatoms. The minimum absolute atomic E-state index is 0.0233. The summed E-state index contributed by atoms with van der Waals surface area (Å²) in [6, 6.07) is 0. The molecule has 2 saturated heterocycles. The third kappa shape index (κ3) is 4.05. The highest BCUT2D eigenvalue weighted by molar-refractivity contribution is 8.03. The molecular weight excluding hydrogens is 258 g/mol. The Kier molecular flexibility index (Phi) is 5.02. The van der Waals surface area contributed by atoms with E-state index in [1.54, 1.807) is 23.5 Å². The summed E-state index contributed by atoms with van der Waals surface area (Å²) in [5.74, 6) is 3.58. The molecule has 2 N–H and O–H groups in total. The van der Waals surface area contributed by atoms with Gasteiger partial charge in [0, 0.05) is 36.2 Å². The standard InChI is InChI=1S/C11H19NO3S2/c13-10(9-1-2-15-5-9)12-6-11(14)7-16-3-4-17-8-11/h9,14H,1-8H2,(H,12,13). The Morgan fingerprint density at radius 2 is 2.12 bits per heavy atom. The van der Waals surface area contributed by atoms with E-state index < -0.39 is 5.60 Å². The number of ether oxygens (including phenoxy) is 1. The van der Waals surface area contributed by atoms with Gasteiger partial charge in [-0.1, -0.05) is 0 Å². The normalized spacial score (nSPS) is 28.6. The Labute approximate surface area is 110 Å². The number of rotatable bonds is 3. The molecule has 2 fully saturated rings. The second-order valence-electron chi connectivity index (χ2n) is 4.61. The number of hydrogen-bond acceptors (Lipinski definition) is 5. The van der Waals surface area contributed by atoms with E-state index in [1.165, 1.54) is 0 Å². The number of nitrogens with one attached hydrogen (secondary N) is 1. The Hall–Kier alpha value is 0.0900. The van der Waals surface area contributed by atoms with Gasteiger partial charge in [0.2, 0.25) is 5.91 Å². The zero-order chi connectivity index (χ0) is 12.1. The number of carbonyl (C=O) groups excluding carboxylic acids is 1. The third-order valence-corrected chi connectivity index (χ3v) is 5.73. The van der Waals surface area contributed by atoms with Gasteiger partial charge >= 0.3 is 0 Å². The first-order chi connectivity index (χ1) is 8.20.